The van der Waals surface area contributed by atoms with Crippen molar-refractivity contribution in [1.82, 2.24) is 0 Å². The number of fused-ring (bicyclic) bond motifs is 4. The van der Waals surface area contributed by atoms with E-state index in [-0.39, 0.29) is 24.0 Å². The lowest BCUT2D eigenvalue weighted by atomic mass is 9.58. The van der Waals surface area contributed by atoms with Gasteiger partial charge in [-0.2, -0.15) is 0 Å². The van der Waals surface area contributed by atoms with Crippen LogP contribution in [0.2, 0.25) is 0 Å². The average molecular weight is 411 g/mol. The van der Waals surface area contributed by atoms with Crippen molar-refractivity contribution in [1.29, 1.82) is 0 Å². The second-order valence-electron chi connectivity index (χ2n) is 11.5. The molecule has 0 radical (unpaired) electrons. The molecule has 0 aromatic rings. The van der Waals surface area contributed by atoms with Crippen LogP contribution in [0.25, 0.3) is 0 Å². The average Bonchev–Trinajstić information content (AvgIpc) is 3.30. The number of aliphatic hydroxyl groups excluding tert-OH is 1. The van der Waals surface area contributed by atoms with E-state index in [4.69, 9.17) is 9.47 Å². The molecule has 4 aliphatic carbocycles. The minimum absolute atomic E-state index is 0.00713. The smallest absolute Gasteiger partial charge is 0.303 e. The van der Waals surface area contributed by atoms with Crippen LogP contribution in [-0.2, 0) is 14.3 Å². The fourth-order valence-electron chi connectivity index (χ4n) is 8.45. The van der Waals surface area contributed by atoms with Gasteiger partial charge in [-0.25, -0.2) is 0 Å². The first-order valence-corrected chi connectivity index (χ1v) is 10.9. The lowest BCUT2D eigenvalue weighted by molar-refractivity contribution is -0.242. The first-order valence-electron chi connectivity index (χ1n) is 10.9. The zero-order chi connectivity index (χ0) is 21.4. The van der Waals surface area contributed by atoms with E-state index in [1.807, 2.05) is 13.8 Å². The molecule has 4 N–H and O–H groups in total. The Morgan fingerprint density at radius 3 is 2.38 bits per heavy atom. The Kier molecular flexibility index (Phi) is 3.73. The fraction of sp³-hybridized carbons (Fsp3) is 0.955. The van der Waals surface area contributed by atoms with Gasteiger partial charge >= 0.3 is 5.97 Å². The maximum Gasteiger partial charge on any atom is 0.303 e. The van der Waals surface area contributed by atoms with Crippen LogP contribution in [0.15, 0.2) is 0 Å². The van der Waals surface area contributed by atoms with E-state index < -0.39 is 51.7 Å². The summed E-state index contributed by atoms with van der Waals surface area (Å²) in [5, 5.41) is 47.1. The Morgan fingerprint density at radius 1 is 1.10 bits per heavy atom. The van der Waals surface area contributed by atoms with Crippen molar-refractivity contribution in [2.75, 3.05) is 0 Å². The van der Waals surface area contributed by atoms with Gasteiger partial charge in [-0.05, 0) is 51.4 Å². The summed E-state index contributed by atoms with van der Waals surface area (Å²) in [5.74, 6) is -1.61. The molecule has 1 saturated heterocycles. The topological polar surface area (TPSA) is 120 Å². The third-order valence-electron chi connectivity index (χ3n) is 9.70. The molecule has 5 fully saturated rings. The highest BCUT2D eigenvalue weighted by molar-refractivity contribution is 5.66. The van der Waals surface area contributed by atoms with Gasteiger partial charge in [0, 0.05) is 23.7 Å². The zero-order valence-electron chi connectivity index (χ0n) is 17.9. The molecular weight excluding hydrogens is 376 g/mol. The molecule has 0 unspecified atom stereocenters. The molecule has 2 bridgehead atoms. The van der Waals surface area contributed by atoms with Gasteiger partial charge in [0.15, 0.2) is 6.10 Å². The van der Waals surface area contributed by atoms with Gasteiger partial charge in [0.1, 0.15) is 5.60 Å². The van der Waals surface area contributed by atoms with Crippen LogP contribution < -0.4 is 0 Å². The number of epoxide rings is 1. The first-order chi connectivity index (χ1) is 13.2. The normalized spacial score (nSPS) is 61.9. The first kappa shape index (κ1) is 20.2. The Balaban J connectivity index is 1.74. The van der Waals surface area contributed by atoms with E-state index in [2.05, 4.69) is 0 Å². The molecule has 7 heteroatoms. The van der Waals surface area contributed by atoms with E-state index >= 15 is 0 Å². The molecule has 0 aromatic heterocycles. The summed E-state index contributed by atoms with van der Waals surface area (Å²) in [6, 6.07) is 0. The van der Waals surface area contributed by atoms with Gasteiger partial charge in [0.2, 0.25) is 0 Å². The second kappa shape index (κ2) is 5.36. The summed E-state index contributed by atoms with van der Waals surface area (Å²) in [6.07, 6.45) is -0.740. The lowest BCUT2D eigenvalue weighted by Gasteiger charge is -2.50. The molecule has 7 nitrogen and oxygen atoms in total. The predicted molar refractivity (Wildman–Crippen MR) is 102 cm³/mol. The van der Waals surface area contributed by atoms with Crippen molar-refractivity contribution in [3.8, 4) is 0 Å². The number of esters is 1. The molecule has 29 heavy (non-hydrogen) atoms. The summed E-state index contributed by atoms with van der Waals surface area (Å²) in [4.78, 5) is 12.1. The van der Waals surface area contributed by atoms with Crippen molar-refractivity contribution in [3.05, 3.63) is 0 Å². The SMILES string of the molecule is CC(=O)O[C@@H]1[C@@H](O)[C@@]23C[C@@H](CC[C@@H]2[C@@](C)(O)[C@H]2[C@@H]4O[C@@H]4C(C)(C)[C@@]12O)[C@](C)(O)C3. The lowest BCUT2D eigenvalue weighted by Crippen LogP contribution is -2.65. The van der Waals surface area contributed by atoms with Gasteiger partial charge in [-0.1, -0.05) is 13.8 Å². The van der Waals surface area contributed by atoms with E-state index in [9.17, 15) is 25.2 Å². The number of hydrogen-bond donors (Lipinski definition) is 4. The largest absolute Gasteiger partial charge is 0.457 e. The number of hydrogen-bond acceptors (Lipinski definition) is 7. The van der Waals surface area contributed by atoms with Crippen molar-refractivity contribution in [2.45, 2.75) is 102 Å². The van der Waals surface area contributed by atoms with E-state index in [1.165, 1.54) is 6.92 Å². The summed E-state index contributed by atoms with van der Waals surface area (Å²) in [6.45, 7) is 8.53. The maximum absolute atomic E-state index is 12.2. The standard InChI is InChI=1S/C22H34O7/c1-10(23)28-17-15(24)21-8-11(19(4,25)9-21)6-7-12(21)20(5,26)14-13-16(29-13)18(2,3)22(14,17)27/h11-17,24-27H,6-9H2,1-5H3/t11-,12-,13+,14-,15-,16+,17-,19-,20-,21-,22+/m1/s1. The Hall–Kier alpha value is -0.730. The summed E-state index contributed by atoms with van der Waals surface area (Å²) >= 11 is 0. The Bertz CT molecular complexity index is 760. The number of carbonyl (C=O) groups is 1. The molecule has 5 aliphatic rings. The molecule has 5 rings (SSSR count). The van der Waals surface area contributed by atoms with Gasteiger partial charge in [0.25, 0.3) is 0 Å². The van der Waals surface area contributed by atoms with Crippen molar-refractivity contribution < 1.29 is 34.7 Å². The molecule has 1 aliphatic heterocycles. The third-order valence-corrected chi connectivity index (χ3v) is 9.70. The minimum Gasteiger partial charge on any atom is -0.457 e. The zero-order valence-corrected chi connectivity index (χ0v) is 17.9. The second-order valence-corrected chi connectivity index (χ2v) is 11.5. The van der Waals surface area contributed by atoms with Crippen LogP contribution in [0.4, 0.5) is 0 Å². The third kappa shape index (κ3) is 2.14. The number of rotatable bonds is 1. The van der Waals surface area contributed by atoms with Crippen LogP contribution >= 0.6 is 0 Å². The number of aliphatic hydroxyl groups is 4. The molecule has 164 valence electrons. The minimum atomic E-state index is -1.65. The fourth-order valence-corrected chi connectivity index (χ4v) is 8.45. The van der Waals surface area contributed by atoms with E-state index in [0.717, 1.165) is 6.42 Å². The van der Waals surface area contributed by atoms with Gasteiger partial charge in [-0.15, -0.1) is 0 Å². The number of ether oxygens (including phenoxy) is 2. The molecule has 11 atom stereocenters. The van der Waals surface area contributed by atoms with Crippen molar-refractivity contribution >= 4 is 5.97 Å². The molecule has 1 heterocycles. The highest BCUT2D eigenvalue weighted by Crippen LogP contribution is 2.73. The summed E-state index contributed by atoms with van der Waals surface area (Å²) < 4.78 is 11.6. The van der Waals surface area contributed by atoms with Crippen molar-refractivity contribution in [3.63, 3.8) is 0 Å². The molecule has 0 amide bonds. The van der Waals surface area contributed by atoms with Crippen LogP contribution in [0.3, 0.4) is 0 Å². The Labute approximate surface area is 171 Å². The van der Waals surface area contributed by atoms with Crippen LogP contribution in [0.1, 0.15) is 60.3 Å². The molecule has 4 saturated carbocycles. The highest BCUT2D eigenvalue weighted by Gasteiger charge is 2.84. The van der Waals surface area contributed by atoms with Crippen LogP contribution in [0, 0.1) is 28.6 Å². The number of carbonyl (C=O) groups excluding carboxylic acids is 1. The maximum atomic E-state index is 12.2. The monoisotopic (exact) mass is 410 g/mol. The predicted octanol–water partition coefficient (Wildman–Crippen LogP) is 0.755. The quantitative estimate of drug-likeness (QED) is 0.372. The molecule has 0 aromatic carbocycles. The van der Waals surface area contributed by atoms with Gasteiger partial charge < -0.3 is 29.9 Å². The van der Waals surface area contributed by atoms with Gasteiger partial charge in [-0.3, -0.25) is 4.79 Å². The van der Waals surface area contributed by atoms with Gasteiger partial charge in [0.05, 0.1) is 29.5 Å². The Morgan fingerprint density at radius 2 is 1.76 bits per heavy atom. The van der Waals surface area contributed by atoms with Crippen LogP contribution in [-0.4, -0.2) is 67.6 Å². The van der Waals surface area contributed by atoms with Crippen LogP contribution in [0.5, 0.6) is 0 Å². The molecule has 1 spiro atoms. The van der Waals surface area contributed by atoms with Crippen molar-refractivity contribution in [2.24, 2.45) is 28.6 Å². The highest BCUT2D eigenvalue weighted by atomic mass is 16.6. The molecular formula is C22H34O7. The van der Waals surface area contributed by atoms with E-state index in [0.29, 0.717) is 19.3 Å². The van der Waals surface area contributed by atoms with E-state index in [1.54, 1.807) is 13.8 Å². The summed E-state index contributed by atoms with van der Waals surface area (Å²) in [5.41, 5.74) is -5.62. The summed E-state index contributed by atoms with van der Waals surface area (Å²) in [7, 11) is 0.